The highest BCUT2D eigenvalue weighted by Crippen LogP contribution is 2.13. The van der Waals surface area contributed by atoms with Crippen molar-refractivity contribution in [3.8, 4) is 5.82 Å². The SMILES string of the molecule is Cc1cc(C)n(-c2ccc(=O)n(C(C)C(=O)NCC(F)(F)F)n2)n1. The average molecular weight is 343 g/mol. The van der Waals surface area contributed by atoms with Gasteiger partial charge in [-0.25, -0.2) is 9.36 Å². The fourth-order valence-electron chi connectivity index (χ4n) is 2.11. The van der Waals surface area contributed by atoms with Gasteiger partial charge in [0.2, 0.25) is 5.91 Å². The van der Waals surface area contributed by atoms with E-state index in [1.165, 1.54) is 23.7 Å². The summed E-state index contributed by atoms with van der Waals surface area (Å²) in [5.74, 6) is -0.664. The second-order valence-corrected chi connectivity index (χ2v) is 5.32. The molecule has 0 aliphatic heterocycles. The highest BCUT2D eigenvalue weighted by molar-refractivity contribution is 5.79. The maximum absolute atomic E-state index is 12.2. The maximum atomic E-state index is 12.2. The molecule has 7 nitrogen and oxygen atoms in total. The number of carbonyl (C=O) groups is 1. The monoisotopic (exact) mass is 343 g/mol. The standard InChI is InChI=1S/C14H16F3N5O2/c1-8-6-9(2)21(19-8)11-4-5-12(23)22(20-11)10(3)13(24)18-7-14(15,16)17/h4-6,10H,7H2,1-3H3,(H,18,24). The normalized spacial score (nSPS) is 12.9. The van der Waals surface area contributed by atoms with Crippen LogP contribution in [0.2, 0.25) is 0 Å². The lowest BCUT2D eigenvalue weighted by molar-refractivity contribution is -0.140. The van der Waals surface area contributed by atoms with E-state index in [0.717, 1.165) is 16.1 Å². The van der Waals surface area contributed by atoms with Gasteiger partial charge < -0.3 is 5.32 Å². The zero-order valence-corrected chi connectivity index (χ0v) is 13.3. The Morgan fingerprint density at radius 3 is 2.50 bits per heavy atom. The number of halogens is 3. The van der Waals surface area contributed by atoms with E-state index in [0.29, 0.717) is 0 Å². The fourth-order valence-corrected chi connectivity index (χ4v) is 2.11. The molecule has 0 radical (unpaired) electrons. The lowest BCUT2D eigenvalue weighted by Gasteiger charge is -2.16. The number of aromatic nitrogens is 4. The summed E-state index contributed by atoms with van der Waals surface area (Å²) < 4.78 is 38.9. The number of hydrogen-bond acceptors (Lipinski definition) is 4. The Morgan fingerprint density at radius 2 is 1.96 bits per heavy atom. The number of nitrogens with zero attached hydrogens (tertiary/aromatic N) is 4. The van der Waals surface area contributed by atoms with Crippen molar-refractivity contribution in [1.82, 2.24) is 24.9 Å². The molecule has 130 valence electrons. The quantitative estimate of drug-likeness (QED) is 0.907. The Bertz CT molecular complexity index is 809. The van der Waals surface area contributed by atoms with Crippen LogP contribution in [0.1, 0.15) is 24.4 Å². The number of rotatable bonds is 4. The maximum Gasteiger partial charge on any atom is 0.405 e. The first kappa shape index (κ1) is 17.7. The molecule has 1 atom stereocenters. The van der Waals surface area contributed by atoms with Crippen LogP contribution in [0.15, 0.2) is 23.0 Å². The molecule has 2 rings (SSSR count). The van der Waals surface area contributed by atoms with Gasteiger partial charge in [-0.1, -0.05) is 0 Å². The molecule has 0 bridgehead atoms. The molecule has 0 spiro atoms. The summed E-state index contributed by atoms with van der Waals surface area (Å²) in [5, 5.41) is 9.99. The van der Waals surface area contributed by atoms with E-state index in [-0.39, 0.29) is 5.82 Å². The van der Waals surface area contributed by atoms with Gasteiger partial charge in [-0.05, 0) is 32.9 Å². The number of amides is 1. The minimum absolute atomic E-state index is 0.288. The van der Waals surface area contributed by atoms with Gasteiger partial charge in [-0.3, -0.25) is 9.59 Å². The topological polar surface area (TPSA) is 81.8 Å². The molecule has 0 saturated heterocycles. The lowest BCUT2D eigenvalue weighted by Crippen LogP contribution is -2.41. The second-order valence-electron chi connectivity index (χ2n) is 5.32. The number of alkyl halides is 3. The Morgan fingerprint density at radius 1 is 1.29 bits per heavy atom. The summed E-state index contributed by atoms with van der Waals surface area (Å²) in [6.07, 6.45) is -4.53. The predicted molar refractivity (Wildman–Crippen MR) is 78.9 cm³/mol. The molecule has 0 aromatic carbocycles. The molecule has 10 heteroatoms. The van der Waals surface area contributed by atoms with E-state index in [2.05, 4.69) is 10.2 Å². The molecule has 1 unspecified atom stereocenters. The molecule has 0 aliphatic rings. The average Bonchev–Trinajstić information content (AvgIpc) is 2.82. The van der Waals surface area contributed by atoms with Crippen LogP contribution >= 0.6 is 0 Å². The molecule has 2 heterocycles. The molecule has 2 aromatic rings. The van der Waals surface area contributed by atoms with Gasteiger partial charge >= 0.3 is 6.18 Å². The van der Waals surface area contributed by atoms with Crippen molar-refractivity contribution in [3.05, 3.63) is 39.9 Å². The number of carbonyl (C=O) groups excluding carboxylic acids is 1. The van der Waals surface area contributed by atoms with Crippen molar-refractivity contribution in [1.29, 1.82) is 0 Å². The second kappa shape index (κ2) is 6.46. The molecule has 0 fully saturated rings. The molecule has 24 heavy (non-hydrogen) atoms. The van der Waals surface area contributed by atoms with Gasteiger partial charge in [0.25, 0.3) is 5.56 Å². The van der Waals surface area contributed by atoms with Crippen molar-refractivity contribution in [2.45, 2.75) is 33.0 Å². The van der Waals surface area contributed by atoms with Gasteiger partial charge in [0.05, 0.1) is 5.69 Å². The van der Waals surface area contributed by atoms with Crippen molar-refractivity contribution in [2.75, 3.05) is 6.54 Å². The van der Waals surface area contributed by atoms with Crippen molar-refractivity contribution in [3.63, 3.8) is 0 Å². The van der Waals surface area contributed by atoms with Gasteiger partial charge in [0.15, 0.2) is 5.82 Å². The van der Waals surface area contributed by atoms with Crippen LogP contribution < -0.4 is 10.9 Å². The van der Waals surface area contributed by atoms with Crippen LogP contribution in [-0.2, 0) is 4.79 Å². The van der Waals surface area contributed by atoms with Crippen molar-refractivity contribution < 1.29 is 18.0 Å². The number of aryl methyl sites for hydroxylation is 2. The van der Waals surface area contributed by atoms with Gasteiger partial charge in [-0.2, -0.15) is 18.3 Å². The van der Waals surface area contributed by atoms with Crippen molar-refractivity contribution >= 4 is 5.91 Å². The van der Waals surface area contributed by atoms with Crippen LogP contribution in [0.5, 0.6) is 0 Å². The third-order valence-corrected chi connectivity index (χ3v) is 3.25. The summed E-state index contributed by atoms with van der Waals surface area (Å²) in [4.78, 5) is 23.7. The zero-order chi connectivity index (χ0) is 18.1. The first-order valence-corrected chi connectivity index (χ1v) is 7.06. The van der Waals surface area contributed by atoms with E-state index in [1.54, 1.807) is 25.2 Å². The Labute approximate surface area is 135 Å². The first-order valence-electron chi connectivity index (χ1n) is 7.06. The Kier molecular flexibility index (Phi) is 4.76. The van der Waals surface area contributed by atoms with Crippen LogP contribution in [0.4, 0.5) is 13.2 Å². The van der Waals surface area contributed by atoms with Crippen LogP contribution in [0.3, 0.4) is 0 Å². The van der Waals surface area contributed by atoms with Gasteiger partial charge in [-0.15, -0.1) is 5.10 Å². The minimum Gasteiger partial charge on any atom is -0.345 e. The van der Waals surface area contributed by atoms with Crippen LogP contribution in [0, 0.1) is 13.8 Å². The Balaban J connectivity index is 2.30. The summed E-state index contributed by atoms with van der Waals surface area (Å²) in [6, 6.07) is 3.22. The molecule has 1 amide bonds. The van der Waals surface area contributed by atoms with Gasteiger partial charge in [0.1, 0.15) is 12.6 Å². The van der Waals surface area contributed by atoms with E-state index < -0.39 is 30.2 Å². The van der Waals surface area contributed by atoms with E-state index in [9.17, 15) is 22.8 Å². The smallest absolute Gasteiger partial charge is 0.345 e. The van der Waals surface area contributed by atoms with E-state index in [4.69, 9.17) is 0 Å². The summed E-state index contributed by atoms with van der Waals surface area (Å²) in [6.45, 7) is 3.40. The molecule has 2 aromatic heterocycles. The molecule has 1 N–H and O–H groups in total. The third-order valence-electron chi connectivity index (χ3n) is 3.25. The highest BCUT2D eigenvalue weighted by Gasteiger charge is 2.29. The lowest BCUT2D eigenvalue weighted by atomic mass is 10.3. The van der Waals surface area contributed by atoms with Crippen LogP contribution in [-0.4, -0.2) is 38.2 Å². The number of nitrogens with one attached hydrogen (secondary N) is 1. The van der Waals surface area contributed by atoms with E-state index in [1.807, 2.05) is 0 Å². The Hall–Kier alpha value is -2.65. The molecular formula is C14H16F3N5O2. The molecular weight excluding hydrogens is 327 g/mol. The molecule has 0 saturated carbocycles. The minimum atomic E-state index is -4.53. The summed E-state index contributed by atoms with van der Waals surface area (Å²) in [7, 11) is 0. The highest BCUT2D eigenvalue weighted by atomic mass is 19.4. The number of hydrogen-bond donors (Lipinski definition) is 1. The van der Waals surface area contributed by atoms with Crippen LogP contribution in [0.25, 0.3) is 5.82 Å². The summed E-state index contributed by atoms with van der Waals surface area (Å²) in [5.41, 5.74) is 0.900. The zero-order valence-electron chi connectivity index (χ0n) is 13.3. The fraction of sp³-hybridized carbons (Fsp3) is 0.429. The van der Waals surface area contributed by atoms with E-state index >= 15 is 0 Å². The molecule has 0 aliphatic carbocycles. The summed E-state index contributed by atoms with van der Waals surface area (Å²) >= 11 is 0. The van der Waals surface area contributed by atoms with Crippen molar-refractivity contribution in [2.24, 2.45) is 0 Å². The predicted octanol–water partition coefficient (Wildman–Crippen LogP) is 1.29. The third kappa shape index (κ3) is 4.00. The largest absolute Gasteiger partial charge is 0.405 e. The van der Waals surface area contributed by atoms with Gasteiger partial charge in [0, 0.05) is 11.8 Å². The first-order chi connectivity index (χ1) is 11.1.